The molecule has 0 radical (unpaired) electrons. The van der Waals surface area contributed by atoms with Gasteiger partial charge in [-0.2, -0.15) is 0 Å². The number of nitrogens with one attached hydrogen (secondary N) is 1. The van der Waals surface area contributed by atoms with Crippen molar-refractivity contribution in [1.29, 1.82) is 0 Å². The summed E-state index contributed by atoms with van der Waals surface area (Å²) in [5.41, 5.74) is 1.96. The van der Waals surface area contributed by atoms with Crippen LogP contribution in [0.5, 0.6) is 5.75 Å². The van der Waals surface area contributed by atoms with Crippen LogP contribution < -0.4 is 15.0 Å². The topological polar surface area (TPSA) is 80.5 Å². The lowest BCUT2D eigenvalue weighted by molar-refractivity contribution is -0.126. The van der Waals surface area contributed by atoms with E-state index in [9.17, 15) is 4.79 Å². The summed E-state index contributed by atoms with van der Waals surface area (Å²) in [5, 5.41) is 11.5. The standard InChI is InChI=1S/C23H26N4O3/c1-16(17-6-4-3-5-7-17)24-21(28)18-12-14-27(15-13-18)23-26-25-22(30-23)19-8-10-20(29-2)11-9-19/h3-11,16,18H,12-15H2,1-2H3,(H,24,28)/t16-/m0/s1. The lowest BCUT2D eigenvalue weighted by Gasteiger charge is -2.30. The van der Waals surface area contributed by atoms with Crippen LogP contribution in [0.1, 0.15) is 31.4 Å². The van der Waals surface area contributed by atoms with Crippen LogP contribution >= 0.6 is 0 Å². The van der Waals surface area contributed by atoms with Gasteiger partial charge in [0.05, 0.1) is 13.2 Å². The molecule has 4 rings (SSSR count). The largest absolute Gasteiger partial charge is 0.497 e. The van der Waals surface area contributed by atoms with E-state index in [0.717, 1.165) is 29.7 Å². The third-order valence-electron chi connectivity index (χ3n) is 5.55. The first-order valence-electron chi connectivity index (χ1n) is 10.2. The minimum atomic E-state index is -0.00334. The Morgan fingerprint density at radius 2 is 1.80 bits per heavy atom. The lowest BCUT2D eigenvalue weighted by atomic mass is 9.95. The van der Waals surface area contributed by atoms with Crippen molar-refractivity contribution in [3.05, 3.63) is 60.2 Å². The number of amides is 1. The number of ether oxygens (including phenoxy) is 1. The normalized spacial score (nSPS) is 15.6. The average Bonchev–Trinajstić information content (AvgIpc) is 3.30. The maximum Gasteiger partial charge on any atom is 0.318 e. The summed E-state index contributed by atoms with van der Waals surface area (Å²) in [6, 6.07) is 18.0. The summed E-state index contributed by atoms with van der Waals surface area (Å²) < 4.78 is 11.0. The van der Waals surface area contributed by atoms with Crippen LogP contribution in [0.25, 0.3) is 11.5 Å². The quantitative estimate of drug-likeness (QED) is 0.670. The molecule has 1 fully saturated rings. The zero-order valence-electron chi connectivity index (χ0n) is 17.2. The molecule has 7 nitrogen and oxygen atoms in total. The fourth-order valence-corrected chi connectivity index (χ4v) is 3.68. The van der Waals surface area contributed by atoms with Crippen molar-refractivity contribution in [2.75, 3.05) is 25.1 Å². The van der Waals surface area contributed by atoms with Gasteiger partial charge >= 0.3 is 6.01 Å². The van der Waals surface area contributed by atoms with Crippen molar-refractivity contribution in [2.24, 2.45) is 5.92 Å². The Labute approximate surface area is 176 Å². The molecule has 1 aromatic heterocycles. The van der Waals surface area contributed by atoms with Gasteiger partial charge in [0.25, 0.3) is 0 Å². The third kappa shape index (κ3) is 4.45. The predicted octanol–water partition coefficient (Wildman–Crippen LogP) is 3.84. The van der Waals surface area contributed by atoms with E-state index in [0.29, 0.717) is 25.0 Å². The van der Waals surface area contributed by atoms with Crippen molar-refractivity contribution < 1.29 is 13.9 Å². The molecule has 0 unspecified atom stereocenters. The van der Waals surface area contributed by atoms with E-state index in [2.05, 4.69) is 15.5 Å². The van der Waals surface area contributed by atoms with E-state index in [-0.39, 0.29) is 17.9 Å². The Balaban J connectivity index is 1.32. The number of anilines is 1. The van der Waals surface area contributed by atoms with Gasteiger partial charge in [-0.15, -0.1) is 5.10 Å². The number of nitrogens with zero attached hydrogens (tertiary/aromatic N) is 3. The van der Waals surface area contributed by atoms with Crippen LogP contribution in [-0.4, -0.2) is 36.3 Å². The van der Waals surface area contributed by atoms with Crippen LogP contribution in [0.3, 0.4) is 0 Å². The molecule has 0 saturated carbocycles. The number of rotatable bonds is 6. The molecule has 156 valence electrons. The van der Waals surface area contributed by atoms with E-state index in [1.807, 2.05) is 66.4 Å². The van der Waals surface area contributed by atoms with Gasteiger partial charge in [-0.25, -0.2) is 0 Å². The van der Waals surface area contributed by atoms with E-state index in [1.54, 1.807) is 7.11 Å². The smallest absolute Gasteiger partial charge is 0.318 e. The number of carbonyl (C=O) groups excluding carboxylic acids is 1. The molecule has 0 aliphatic carbocycles. The number of benzene rings is 2. The maximum absolute atomic E-state index is 12.7. The molecular formula is C23H26N4O3. The molecule has 0 bridgehead atoms. The van der Waals surface area contributed by atoms with Crippen molar-refractivity contribution >= 4 is 11.9 Å². The van der Waals surface area contributed by atoms with Gasteiger partial charge in [0, 0.05) is 24.6 Å². The van der Waals surface area contributed by atoms with E-state index < -0.39 is 0 Å². The Bertz CT molecular complexity index is 964. The van der Waals surface area contributed by atoms with Crippen LogP contribution in [0.2, 0.25) is 0 Å². The minimum Gasteiger partial charge on any atom is -0.497 e. The number of carbonyl (C=O) groups is 1. The third-order valence-corrected chi connectivity index (χ3v) is 5.55. The highest BCUT2D eigenvalue weighted by Gasteiger charge is 2.28. The molecule has 2 heterocycles. The second-order valence-electron chi connectivity index (χ2n) is 7.52. The van der Waals surface area contributed by atoms with E-state index >= 15 is 0 Å². The number of piperidine rings is 1. The molecule has 1 aliphatic rings. The molecule has 30 heavy (non-hydrogen) atoms. The highest BCUT2D eigenvalue weighted by Crippen LogP contribution is 2.27. The molecule has 3 aromatic rings. The first kappa shape index (κ1) is 19.9. The van der Waals surface area contributed by atoms with Crippen molar-refractivity contribution in [3.8, 4) is 17.2 Å². The first-order chi connectivity index (χ1) is 14.6. The molecule has 1 saturated heterocycles. The van der Waals surface area contributed by atoms with E-state index in [4.69, 9.17) is 9.15 Å². The SMILES string of the molecule is COc1ccc(-c2nnc(N3CCC(C(=O)N[C@@H](C)c4ccccc4)CC3)o2)cc1. The van der Waals surface area contributed by atoms with Crippen molar-refractivity contribution in [3.63, 3.8) is 0 Å². The number of hydrogen-bond donors (Lipinski definition) is 1. The number of aromatic nitrogens is 2. The zero-order valence-corrected chi connectivity index (χ0v) is 17.2. The first-order valence-corrected chi connectivity index (χ1v) is 10.2. The number of hydrogen-bond acceptors (Lipinski definition) is 6. The Kier molecular flexibility index (Phi) is 5.97. The molecule has 2 aromatic carbocycles. The summed E-state index contributed by atoms with van der Waals surface area (Å²) in [4.78, 5) is 14.7. The Morgan fingerprint density at radius 1 is 1.10 bits per heavy atom. The lowest BCUT2D eigenvalue weighted by Crippen LogP contribution is -2.41. The summed E-state index contributed by atoms with van der Waals surface area (Å²) in [5.74, 6) is 1.36. The number of methoxy groups -OCH3 is 1. The monoisotopic (exact) mass is 406 g/mol. The highest BCUT2D eigenvalue weighted by molar-refractivity contribution is 5.79. The highest BCUT2D eigenvalue weighted by atomic mass is 16.5. The van der Waals surface area contributed by atoms with Crippen LogP contribution in [0.15, 0.2) is 59.0 Å². The summed E-state index contributed by atoms with van der Waals surface area (Å²) in [6.07, 6.45) is 1.52. The fourth-order valence-electron chi connectivity index (χ4n) is 3.68. The second kappa shape index (κ2) is 8.98. The fraction of sp³-hybridized carbons (Fsp3) is 0.348. The van der Waals surface area contributed by atoms with Crippen LogP contribution in [0.4, 0.5) is 6.01 Å². The van der Waals surface area contributed by atoms with Gasteiger partial charge in [0.1, 0.15) is 5.75 Å². The second-order valence-corrected chi connectivity index (χ2v) is 7.52. The molecular weight excluding hydrogens is 380 g/mol. The summed E-state index contributed by atoms with van der Waals surface area (Å²) >= 11 is 0. The molecule has 1 aliphatic heterocycles. The average molecular weight is 406 g/mol. The predicted molar refractivity (Wildman–Crippen MR) is 114 cm³/mol. The maximum atomic E-state index is 12.7. The Hall–Kier alpha value is -3.35. The molecule has 0 spiro atoms. The minimum absolute atomic E-state index is 0.000255. The van der Waals surface area contributed by atoms with Gasteiger partial charge in [-0.05, 0) is 49.6 Å². The summed E-state index contributed by atoms with van der Waals surface area (Å²) in [7, 11) is 1.63. The molecule has 1 atom stereocenters. The van der Waals surface area contributed by atoms with Crippen molar-refractivity contribution in [2.45, 2.75) is 25.8 Å². The molecule has 1 amide bonds. The molecule has 7 heteroatoms. The van der Waals surface area contributed by atoms with Crippen LogP contribution in [0, 0.1) is 5.92 Å². The van der Waals surface area contributed by atoms with Gasteiger partial charge in [0.15, 0.2) is 0 Å². The zero-order chi connectivity index (χ0) is 20.9. The van der Waals surface area contributed by atoms with E-state index in [1.165, 1.54) is 0 Å². The van der Waals surface area contributed by atoms with Gasteiger partial charge < -0.3 is 19.4 Å². The van der Waals surface area contributed by atoms with Crippen molar-refractivity contribution in [1.82, 2.24) is 15.5 Å². The summed E-state index contributed by atoms with van der Waals surface area (Å²) in [6.45, 7) is 3.44. The van der Waals surface area contributed by atoms with Gasteiger partial charge in [-0.3, -0.25) is 4.79 Å². The van der Waals surface area contributed by atoms with Gasteiger partial charge in [0.2, 0.25) is 11.8 Å². The van der Waals surface area contributed by atoms with Gasteiger partial charge in [-0.1, -0.05) is 35.4 Å². The molecule has 1 N–H and O–H groups in total. The van der Waals surface area contributed by atoms with Crippen LogP contribution in [-0.2, 0) is 4.79 Å². The Morgan fingerprint density at radius 3 is 2.47 bits per heavy atom.